The van der Waals surface area contributed by atoms with E-state index in [4.69, 9.17) is 0 Å². The van der Waals surface area contributed by atoms with Gasteiger partial charge < -0.3 is 26.0 Å². The van der Waals surface area contributed by atoms with Crippen molar-refractivity contribution in [2.75, 3.05) is 0 Å². The van der Waals surface area contributed by atoms with E-state index in [9.17, 15) is 0 Å². The maximum atomic E-state index is 3.66. The van der Waals surface area contributed by atoms with Crippen molar-refractivity contribution < 1.29 is 53.8 Å². The molecule has 0 spiro atoms. The second-order valence-electron chi connectivity index (χ2n) is 1.39. The van der Waals surface area contributed by atoms with Crippen LogP contribution in [0.2, 0.25) is 0 Å². The van der Waals surface area contributed by atoms with Crippen LogP contribution in [0.25, 0.3) is 0 Å². The van der Waals surface area contributed by atoms with Gasteiger partial charge in [-0.3, -0.25) is 6.07 Å². The van der Waals surface area contributed by atoms with Gasteiger partial charge in [0.15, 0.2) is 0 Å². The molecule has 51 valence electrons. The normalized spacial score (nSPS) is 6.00. The molecule has 0 N–H and O–H groups in total. The third-order valence-corrected chi connectivity index (χ3v) is 0.773. The van der Waals surface area contributed by atoms with Gasteiger partial charge in [-0.1, -0.05) is 0 Å². The van der Waals surface area contributed by atoms with E-state index in [1.807, 2.05) is 24.3 Å². The van der Waals surface area contributed by atoms with Crippen LogP contribution >= 0.6 is 0 Å². The summed E-state index contributed by atoms with van der Waals surface area (Å²) in [5.74, 6) is 0. The molecule has 2 heteroatoms. The minimum absolute atomic E-state index is 0. The van der Waals surface area contributed by atoms with E-state index in [0.717, 1.165) is 5.56 Å². The molecule has 0 bridgehead atoms. The van der Waals surface area contributed by atoms with E-state index < -0.39 is 0 Å². The standard InChI is InChI=1S/C7H6.CH3.W.Y/c1-7-5-3-2-4-6-7;;;/h2-5H,1H2;1H3;;/q-2;-1;+2;. The molecule has 0 fully saturated rings. The van der Waals surface area contributed by atoms with E-state index in [1.165, 1.54) is 0 Å². The van der Waals surface area contributed by atoms with Crippen LogP contribution in [0.15, 0.2) is 24.3 Å². The summed E-state index contributed by atoms with van der Waals surface area (Å²) in [5.41, 5.74) is 0.947. The number of hydrogen-bond donors (Lipinski definition) is 0. The van der Waals surface area contributed by atoms with Crippen LogP contribution in [0.1, 0.15) is 5.56 Å². The zero-order chi connectivity index (χ0) is 5.11. The minimum atomic E-state index is 0. The third kappa shape index (κ3) is 6.99. The summed E-state index contributed by atoms with van der Waals surface area (Å²) in [6, 6.07) is 10.6. The SMILES string of the molecule is [CH2-]c1[c-]cccc1.[CH3-].[W+2].[Y]. The van der Waals surface area contributed by atoms with E-state index >= 15 is 0 Å². The van der Waals surface area contributed by atoms with Crippen LogP contribution in [0.5, 0.6) is 0 Å². The molecule has 0 unspecified atom stereocenters. The second-order valence-corrected chi connectivity index (χ2v) is 1.39. The summed E-state index contributed by atoms with van der Waals surface area (Å²) < 4.78 is 0. The monoisotopic (exact) mass is 378 g/mol. The van der Waals surface area contributed by atoms with Gasteiger partial charge in [-0.2, -0.15) is 12.1 Å². The van der Waals surface area contributed by atoms with Gasteiger partial charge in [0.25, 0.3) is 0 Å². The molecule has 0 saturated heterocycles. The fourth-order valence-electron chi connectivity index (χ4n) is 0.431. The second kappa shape index (κ2) is 9.88. The maximum Gasteiger partial charge on any atom is 2.00 e. The maximum absolute atomic E-state index is 3.66. The van der Waals surface area contributed by atoms with Gasteiger partial charge in [-0.05, 0) is 0 Å². The van der Waals surface area contributed by atoms with Gasteiger partial charge in [-0.25, -0.2) is 0 Å². The molecular formula is C8H9WY-. The Kier molecular flexibility index (Phi) is 16.9. The Balaban J connectivity index is -0.000000163. The molecule has 0 aliphatic carbocycles. The Morgan fingerprint density at radius 3 is 2.10 bits per heavy atom. The van der Waals surface area contributed by atoms with Crippen molar-refractivity contribution in [2.45, 2.75) is 0 Å². The van der Waals surface area contributed by atoms with Crippen molar-refractivity contribution in [3.8, 4) is 0 Å². The summed E-state index contributed by atoms with van der Waals surface area (Å²) in [5, 5.41) is 0. The van der Waals surface area contributed by atoms with Gasteiger partial charge in [-0.15, -0.1) is 6.07 Å². The quantitative estimate of drug-likeness (QED) is 0.607. The average molecular weight is 378 g/mol. The van der Waals surface area contributed by atoms with Crippen molar-refractivity contribution in [3.05, 3.63) is 50.2 Å². The first kappa shape index (κ1) is 17.1. The fourth-order valence-corrected chi connectivity index (χ4v) is 0.431. The molecule has 0 amide bonds. The predicted octanol–water partition coefficient (Wildman–Crippen LogP) is 2.11. The zero-order valence-corrected chi connectivity index (χ0v) is 11.8. The molecule has 0 aliphatic rings. The summed E-state index contributed by atoms with van der Waals surface area (Å²) in [6.07, 6.45) is 0. The largest absolute Gasteiger partial charge is 2.00 e. The number of hydrogen-bond acceptors (Lipinski definition) is 0. The fraction of sp³-hybridized carbons (Fsp3) is 0. The van der Waals surface area contributed by atoms with Crippen LogP contribution in [0.3, 0.4) is 0 Å². The molecule has 1 radical (unpaired) electrons. The van der Waals surface area contributed by atoms with Crippen LogP contribution < -0.4 is 0 Å². The van der Waals surface area contributed by atoms with E-state index in [2.05, 4.69) is 13.0 Å². The Labute approximate surface area is 103 Å². The Hall–Kier alpha value is 0.882. The van der Waals surface area contributed by atoms with Crippen molar-refractivity contribution >= 4 is 0 Å². The van der Waals surface area contributed by atoms with Crippen LogP contribution in [-0.2, 0) is 53.8 Å². The van der Waals surface area contributed by atoms with Gasteiger partial charge in [0.1, 0.15) is 0 Å². The number of benzene rings is 1. The smallest absolute Gasteiger partial charge is 0.374 e. The Morgan fingerprint density at radius 1 is 1.30 bits per heavy atom. The third-order valence-electron chi connectivity index (χ3n) is 0.773. The molecule has 0 nitrogen and oxygen atoms in total. The van der Waals surface area contributed by atoms with Crippen LogP contribution in [0, 0.1) is 20.4 Å². The van der Waals surface area contributed by atoms with Gasteiger partial charge in [0.05, 0.1) is 0 Å². The van der Waals surface area contributed by atoms with Crippen LogP contribution in [-0.4, -0.2) is 0 Å². The molecule has 0 atom stereocenters. The van der Waals surface area contributed by atoms with Crippen LogP contribution in [0.4, 0.5) is 0 Å². The molecule has 1 aromatic carbocycles. The van der Waals surface area contributed by atoms with Crippen molar-refractivity contribution in [3.63, 3.8) is 0 Å². The van der Waals surface area contributed by atoms with Gasteiger partial charge in [0.2, 0.25) is 0 Å². The first-order chi connectivity index (χ1) is 3.39. The predicted molar refractivity (Wildman–Crippen MR) is 36.2 cm³/mol. The first-order valence-electron chi connectivity index (χ1n) is 2.18. The summed E-state index contributed by atoms with van der Waals surface area (Å²) >= 11 is 0. The summed E-state index contributed by atoms with van der Waals surface area (Å²) in [6.45, 7) is 3.66. The number of rotatable bonds is 0. The topological polar surface area (TPSA) is 0 Å². The molecule has 0 saturated carbocycles. The van der Waals surface area contributed by atoms with Gasteiger partial charge in [0, 0.05) is 32.7 Å². The van der Waals surface area contributed by atoms with E-state index in [0.29, 0.717) is 0 Å². The minimum Gasteiger partial charge on any atom is -0.374 e. The van der Waals surface area contributed by atoms with E-state index in [-0.39, 0.29) is 61.2 Å². The molecule has 1 rings (SSSR count). The molecular weight excluding hydrogens is 369 g/mol. The van der Waals surface area contributed by atoms with Crippen molar-refractivity contribution in [1.82, 2.24) is 0 Å². The Morgan fingerprint density at radius 2 is 1.90 bits per heavy atom. The van der Waals surface area contributed by atoms with Crippen molar-refractivity contribution in [1.29, 1.82) is 0 Å². The molecule has 0 aliphatic heterocycles. The Bertz CT molecular complexity index is 139. The molecule has 0 aromatic heterocycles. The molecule has 10 heavy (non-hydrogen) atoms. The average Bonchev–Trinajstić information content (AvgIpc) is 1.69. The van der Waals surface area contributed by atoms with Gasteiger partial charge >= 0.3 is 21.1 Å². The zero-order valence-electron chi connectivity index (χ0n) is 6.00. The van der Waals surface area contributed by atoms with Crippen molar-refractivity contribution in [2.24, 2.45) is 0 Å². The molecule has 0 heterocycles. The first-order valence-corrected chi connectivity index (χ1v) is 2.18. The molecule has 1 aromatic rings. The summed E-state index contributed by atoms with van der Waals surface area (Å²) in [4.78, 5) is 0. The van der Waals surface area contributed by atoms with E-state index in [1.54, 1.807) is 0 Å². The summed E-state index contributed by atoms with van der Waals surface area (Å²) in [7, 11) is 0.